The SMILES string of the molecule is CSCCC(C)N(C)CCC(O)C(C)(C)C. The summed E-state index contributed by atoms with van der Waals surface area (Å²) in [5.41, 5.74) is 0.00332. The summed E-state index contributed by atoms with van der Waals surface area (Å²) in [4.78, 5) is 2.35. The average molecular weight is 247 g/mol. The molecule has 0 aromatic rings. The van der Waals surface area contributed by atoms with E-state index in [4.69, 9.17) is 0 Å². The van der Waals surface area contributed by atoms with Crippen molar-refractivity contribution in [3.63, 3.8) is 0 Å². The van der Waals surface area contributed by atoms with Crippen LogP contribution in [0.4, 0.5) is 0 Å². The number of nitrogens with zero attached hydrogens (tertiary/aromatic N) is 1. The van der Waals surface area contributed by atoms with Gasteiger partial charge >= 0.3 is 0 Å². The third kappa shape index (κ3) is 6.77. The first-order valence-corrected chi connectivity index (χ1v) is 7.55. The molecule has 0 aliphatic heterocycles. The first-order chi connectivity index (χ1) is 7.29. The second-order valence-electron chi connectivity index (χ2n) is 5.78. The van der Waals surface area contributed by atoms with Gasteiger partial charge in [0.05, 0.1) is 6.10 Å². The number of aliphatic hydroxyl groups excluding tert-OH is 1. The van der Waals surface area contributed by atoms with Crippen LogP contribution in [0, 0.1) is 5.41 Å². The van der Waals surface area contributed by atoms with Gasteiger partial charge in [0.15, 0.2) is 0 Å². The molecule has 0 aliphatic rings. The molecule has 0 aliphatic carbocycles. The largest absolute Gasteiger partial charge is 0.393 e. The van der Waals surface area contributed by atoms with Crippen LogP contribution >= 0.6 is 11.8 Å². The number of rotatable bonds is 7. The first kappa shape index (κ1) is 16.3. The molecule has 0 bridgehead atoms. The maximum Gasteiger partial charge on any atom is 0.0600 e. The Kier molecular flexibility index (Phi) is 7.70. The summed E-state index contributed by atoms with van der Waals surface area (Å²) in [6.07, 6.45) is 4.03. The molecule has 0 heterocycles. The van der Waals surface area contributed by atoms with Gasteiger partial charge in [0.25, 0.3) is 0 Å². The topological polar surface area (TPSA) is 23.5 Å². The monoisotopic (exact) mass is 247 g/mol. The Hall–Kier alpha value is 0.270. The second-order valence-corrected chi connectivity index (χ2v) is 6.77. The van der Waals surface area contributed by atoms with Crippen LogP contribution in [0.5, 0.6) is 0 Å². The number of hydrogen-bond donors (Lipinski definition) is 1. The van der Waals surface area contributed by atoms with Gasteiger partial charge in [-0.15, -0.1) is 0 Å². The normalized spacial score (nSPS) is 16.5. The molecular weight excluding hydrogens is 218 g/mol. The molecule has 0 aromatic carbocycles. The lowest BCUT2D eigenvalue weighted by Gasteiger charge is -2.30. The van der Waals surface area contributed by atoms with E-state index in [2.05, 4.69) is 45.9 Å². The lowest BCUT2D eigenvalue weighted by atomic mass is 9.87. The molecule has 98 valence electrons. The van der Waals surface area contributed by atoms with Crippen molar-refractivity contribution in [3.05, 3.63) is 0 Å². The van der Waals surface area contributed by atoms with E-state index in [1.54, 1.807) is 0 Å². The molecule has 2 unspecified atom stereocenters. The van der Waals surface area contributed by atoms with Gasteiger partial charge in [0, 0.05) is 12.6 Å². The van der Waals surface area contributed by atoms with Crippen molar-refractivity contribution in [2.24, 2.45) is 5.41 Å². The molecule has 0 rings (SSSR count). The van der Waals surface area contributed by atoms with Crippen LogP contribution < -0.4 is 0 Å². The average Bonchev–Trinajstić information content (AvgIpc) is 2.20. The first-order valence-electron chi connectivity index (χ1n) is 6.16. The van der Waals surface area contributed by atoms with Crippen LogP contribution in [0.1, 0.15) is 40.5 Å². The highest BCUT2D eigenvalue weighted by atomic mass is 32.2. The van der Waals surface area contributed by atoms with E-state index < -0.39 is 0 Å². The fraction of sp³-hybridized carbons (Fsp3) is 1.00. The highest BCUT2D eigenvalue weighted by molar-refractivity contribution is 7.98. The molecule has 0 radical (unpaired) electrons. The molecule has 0 amide bonds. The Labute approximate surface area is 106 Å². The predicted octanol–water partition coefficient (Wildman–Crippen LogP) is 2.86. The molecule has 1 N–H and O–H groups in total. The van der Waals surface area contributed by atoms with Gasteiger partial charge in [-0.05, 0) is 44.2 Å². The highest BCUT2D eigenvalue weighted by Gasteiger charge is 2.22. The van der Waals surface area contributed by atoms with Gasteiger partial charge in [-0.3, -0.25) is 0 Å². The molecule has 0 saturated heterocycles. The molecule has 0 spiro atoms. The molecule has 2 atom stereocenters. The van der Waals surface area contributed by atoms with Crippen LogP contribution in [0.2, 0.25) is 0 Å². The van der Waals surface area contributed by atoms with E-state index >= 15 is 0 Å². The minimum atomic E-state index is -0.206. The molecule has 0 fully saturated rings. The van der Waals surface area contributed by atoms with Gasteiger partial charge in [-0.25, -0.2) is 0 Å². The summed E-state index contributed by atoms with van der Waals surface area (Å²) in [5, 5.41) is 9.96. The predicted molar refractivity (Wildman–Crippen MR) is 75.2 cm³/mol. The van der Waals surface area contributed by atoms with Crippen molar-refractivity contribution in [1.29, 1.82) is 0 Å². The lowest BCUT2D eigenvalue weighted by molar-refractivity contribution is 0.0447. The Morgan fingerprint density at radius 1 is 1.25 bits per heavy atom. The Bertz CT molecular complexity index is 179. The van der Waals surface area contributed by atoms with E-state index in [1.807, 2.05) is 11.8 Å². The van der Waals surface area contributed by atoms with E-state index in [1.165, 1.54) is 12.2 Å². The molecule has 3 heteroatoms. The third-order valence-corrected chi connectivity index (χ3v) is 3.89. The zero-order chi connectivity index (χ0) is 12.8. The summed E-state index contributed by atoms with van der Waals surface area (Å²) in [7, 11) is 2.15. The minimum absolute atomic E-state index is 0.00332. The van der Waals surface area contributed by atoms with Gasteiger partial charge in [-0.1, -0.05) is 20.8 Å². The fourth-order valence-corrected chi connectivity index (χ4v) is 2.06. The smallest absolute Gasteiger partial charge is 0.0600 e. The fourth-order valence-electron chi connectivity index (χ4n) is 1.49. The van der Waals surface area contributed by atoms with Gasteiger partial charge < -0.3 is 10.0 Å². The second kappa shape index (κ2) is 7.57. The van der Waals surface area contributed by atoms with Crippen molar-refractivity contribution < 1.29 is 5.11 Å². The summed E-state index contributed by atoms with van der Waals surface area (Å²) in [6.45, 7) is 9.52. The van der Waals surface area contributed by atoms with E-state index in [0.717, 1.165) is 13.0 Å². The van der Waals surface area contributed by atoms with Crippen molar-refractivity contribution in [2.75, 3.05) is 25.6 Å². The molecule has 2 nitrogen and oxygen atoms in total. The number of hydrogen-bond acceptors (Lipinski definition) is 3. The minimum Gasteiger partial charge on any atom is -0.393 e. The van der Waals surface area contributed by atoms with Gasteiger partial charge in [0.2, 0.25) is 0 Å². The van der Waals surface area contributed by atoms with Crippen molar-refractivity contribution in [1.82, 2.24) is 4.90 Å². The Morgan fingerprint density at radius 3 is 2.25 bits per heavy atom. The Morgan fingerprint density at radius 2 is 1.81 bits per heavy atom. The van der Waals surface area contributed by atoms with Crippen LogP contribution in [0.25, 0.3) is 0 Å². The standard InChI is InChI=1S/C13H29NOS/c1-11(8-10-16-6)14(5)9-7-12(15)13(2,3)4/h11-12,15H,7-10H2,1-6H3. The summed E-state index contributed by atoms with van der Waals surface area (Å²) in [6, 6.07) is 0.611. The van der Waals surface area contributed by atoms with Crippen molar-refractivity contribution in [2.45, 2.75) is 52.7 Å². The summed E-state index contributed by atoms with van der Waals surface area (Å²) in [5.74, 6) is 1.22. The quantitative estimate of drug-likeness (QED) is 0.748. The summed E-state index contributed by atoms with van der Waals surface area (Å²) < 4.78 is 0. The zero-order valence-electron chi connectivity index (χ0n) is 11.8. The zero-order valence-corrected chi connectivity index (χ0v) is 12.6. The highest BCUT2D eigenvalue weighted by Crippen LogP contribution is 2.22. The van der Waals surface area contributed by atoms with Crippen LogP contribution in [0.15, 0.2) is 0 Å². The number of thioether (sulfide) groups is 1. The van der Waals surface area contributed by atoms with Crippen LogP contribution in [0.3, 0.4) is 0 Å². The van der Waals surface area contributed by atoms with Gasteiger partial charge in [0.1, 0.15) is 0 Å². The lowest BCUT2D eigenvalue weighted by Crippen LogP contribution is -2.35. The Balaban J connectivity index is 3.83. The molecule has 16 heavy (non-hydrogen) atoms. The van der Waals surface area contributed by atoms with E-state index in [-0.39, 0.29) is 11.5 Å². The van der Waals surface area contributed by atoms with Gasteiger partial charge in [-0.2, -0.15) is 11.8 Å². The molecule has 0 saturated carbocycles. The maximum absolute atomic E-state index is 9.96. The van der Waals surface area contributed by atoms with Crippen LogP contribution in [-0.2, 0) is 0 Å². The maximum atomic E-state index is 9.96. The van der Waals surface area contributed by atoms with Crippen molar-refractivity contribution in [3.8, 4) is 0 Å². The van der Waals surface area contributed by atoms with E-state index in [9.17, 15) is 5.11 Å². The number of aliphatic hydroxyl groups is 1. The molecular formula is C13H29NOS. The third-order valence-electron chi connectivity index (χ3n) is 3.25. The van der Waals surface area contributed by atoms with Crippen LogP contribution in [-0.4, -0.2) is 47.8 Å². The van der Waals surface area contributed by atoms with E-state index in [0.29, 0.717) is 6.04 Å². The molecule has 0 aromatic heterocycles. The van der Waals surface area contributed by atoms with Crippen molar-refractivity contribution >= 4 is 11.8 Å². The summed E-state index contributed by atoms with van der Waals surface area (Å²) >= 11 is 1.90.